The molecule has 0 aliphatic carbocycles. The van der Waals surface area contributed by atoms with Gasteiger partial charge < -0.3 is 30.3 Å². The Balaban J connectivity index is 1.55. The van der Waals surface area contributed by atoms with Crippen LogP contribution in [0.1, 0.15) is 31.7 Å². The fraction of sp³-hybridized carbons (Fsp3) is 0.571. The number of piperazine rings is 1. The van der Waals surface area contributed by atoms with E-state index in [9.17, 15) is 14.4 Å². The summed E-state index contributed by atoms with van der Waals surface area (Å²) in [4.78, 5) is 39.2. The zero-order chi connectivity index (χ0) is 21.8. The molecule has 9 heteroatoms. The molecule has 1 aromatic carbocycles. The normalized spacial score (nSPS) is 14.7. The van der Waals surface area contributed by atoms with Crippen LogP contribution >= 0.6 is 0 Å². The lowest BCUT2D eigenvalue weighted by atomic mass is 10.1. The first-order valence-corrected chi connectivity index (χ1v) is 10.4. The van der Waals surface area contributed by atoms with Gasteiger partial charge in [-0.15, -0.1) is 0 Å². The van der Waals surface area contributed by atoms with Gasteiger partial charge in [0.2, 0.25) is 5.91 Å². The van der Waals surface area contributed by atoms with Gasteiger partial charge in [0.1, 0.15) is 6.61 Å². The SMILES string of the molecule is CCOC(=O)N1CCN(C(=O)C(N)CCCCNC(=O)OCc2ccccc2)CC1. The summed E-state index contributed by atoms with van der Waals surface area (Å²) in [5.74, 6) is -0.103. The van der Waals surface area contributed by atoms with Crippen molar-refractivity contribution in [2.75, 3.05) is 39.3 Å². The van der Waals surface area contributed by atoms with E-state index < -0.39 is 12.1 Å². The minimum atomic E-state index is -0.579. The van der Waals surface area contributed by atoms with Crippen LogP contribution in [-0.4, -0.2) is 73.3 Å². The third kappa shape index (κ3) is 7.90. The minimum Gasteiger partial charge on any atom is -0.450 e. The minimum absolute atomic E-state index is 0.103. The number of benzene rings is 1. The molecule has 1 heterocycles. The molecule has 0 radical (unpaired) electrons. The molecule has 0 aromatic heterocycles. The highest BCUT2D eigenvalue weighted by atomic mass is 16.6. The van der Waals surface area contributed by atoms with Crippen LogP contribution in [0.15, 0.2) is 30.3 Å². The maximum atomic E-state index is 12.5. The number of ether oxygens (including phenoxy) is 2. The largest absolute Gasteiger partial charge is 0.450 e. The number of nitrogens with one attached hydrogen (secondary N) is 1. The molecule has 1 saturated heterocycles. The van der Waals surface area contributed by atoms with Gasteiger partial charge in [0, 0.05) is 32.7 Å². The number of nitrogens with zero attached hydrogens (tertiary/aromatic N) is 2. The van der Waals surface area contributed by atoms with E-state index in [4.69, 9.17) is 15.2 Å². The molecule has 1 aromatic rings. The van der Waals surface area contributed by atoms with Crippen LogP contribution in [0, 0.1) is 0 Å². The second kappa shape index (κ2) is 12.7. The van der Waals surface area contributed by atoms with Gasteiger partial charge in [-0.25, -0.2) is 9.59 Å². The molecule has 1 unspecified atom stereocenters. The molecule has 1 atom stereocenters. The van der Waals surface area contributed by atoms with E-state index in [-0.39, 0.29) is 18.6 Å². The van der Waals surface area contributed by atoms with E-state index in [1.165, 1.54) is 0 Å². The molecule has 1 aliphatic heterocycles. The summed E-state index contributed by atoms with van der Waals surface area (Å²) in [5, 5.41) is 2.70. The molecule has 0 bridgehead atoms. The van der Waals surface area contributed by atoms with Gasteiger partial charge in [0.15, 0.2) is 0 Å². The number of amides is 3. The van der Waals surface area contributed by atoms with Gasteiger partial charge in [-0.3, -0.25) is 4.79 Å². The van der Waals surface area contributed by atoms with Crippen molar-refractivity contribution in [3.63, 3.8) is 0 Å². The van der Waals surface area contributed by atoms with Gasteiger partial charge >= 0.3 is 12.2 Å². The van der Waals surface area contributed by atoms with E-state index in [2.05, 4.69) is 5.32 Å². The van der Waals surface area contributed by atoms with Crippen LogP contribution in [0.4, 0.5) is 9.59 Å². The van der Waals surface area contributed by atoms with E-state index in [0.717, 1.165) is 5.56 Å². The van der Waals surface area contributed by atoms with Crippen molar-refractivity contribution in [3.05, 3.63) is 35.9 Å². The molecule has 30 heavy (non-hydrogen) atoms. The van der Waals surface area contributed by atoms with Crippen molar-refractivity contribution in [2.24, 2.45) is 5.73 Å². The molecule has 1 fully saturated rings. The topological polar surface area (TPSA) is 114 Å². The molecule has 0 saturated carbocycles. The van der Waals surface area contributed by atoms with Crippen molar-refractivity contribution < 1.29 is 23.9 Å². The number of nitrogens with two attached hydrogens (primary N) is 1. The number of alkyl carbamates (subject to hydrolysis) is 1. The summed E-state index contributed by atoms with van der Waals surface area (Å²) < 4.78 is 10.1. The molecular formula is C21H32N4O5. The standard InChI is InChI=1S/C21H32N4O5/c1-2-29-21(28)25-14-12-24(13-15-25)19(26)18(22)10-6-7-11-23-20(27)30-16-17-8-4-3-5-9-17/h3-5,8-9,18H,2,6-7,10-16,22H2,1H3,(H,23,27). The summed E-state index contributed by atoms with van der Waals surface area (Å²) in [6.45, 7) is 4.61. The lowest BCUT2D eigenvalue weighted by Gasteiger charge is -2.35. The summed E-state index contributed by atoms with van der Waals surface area (Å²) in [6, 6.07) is 8.89. The van der Waals surface area contributed by atoms with E-state index >= 15 is 0 Å². The van der Waals surface area contributed by atoms with E-state index in [1.54, 1.807) is 16.7 Å². The van der Waals surface area contributed by atoms with Gasteiger partial charge in [-0.1, -0.05) is 30.3 Å². The fourth-order valence-corrected chi connectivity index (χ4v) is 3.14. The Morgan fingerprint density at radius 1 is 1.03 bits per heavy atom. The quantitative estimate of drug-likeness (QED) is 0.588. The third-order valence-electron chi connectivity index (χ3n) is 4.86. The predicted octanol–water partition coefficient (Wildman–Crippen LogP) is 1.71. The van der Waals surface area contributed by atoms with Crippen LogP contribution in [-0.2, 0) is 20.9 Å². The van der Waals surface area contributed by atoms with E-state index in [0.29, 0.717) is 58.6 Å². The van der Waals surface area contributed by atoms with Crippen LogP contribution in [0.5, 0.6) is 0 Å². The number of carbonyl (C=O) groups is 3. The van der Waals surface area contributed by atoms with Crippen LogP contribution in [0.25, 0.3) is 0 Å². The number of rotatable bonds is 9. The Labute approximate surface area is 177 Å². The first-order chi connectivity index (χ1) is 14.5. The summed E-state index contributed by atoms with van der Waals surface area (Å²) in [7, 11) is 0. The fourth-order valence-electron chi connectivity index (χ4n) is 3.14. The summed E-state index contributed by atoms with van der Waals surface area (Å²) in [6.07, 6.45) is 1.16. The Bertz CT molecular complexity index is 677. The number of unbranched alkanes of at least 4 members (excludes halogenated alkanes) is 1. The molecule has 3 amide bonds. The van der Waals surface area contributed by atoms with Gasteiger partial charge in [0.05, 0.1) is 12.6 Å². The Hall–Kier alpha value is -2.81. The van der Waals surface area contributed by atoms with Gasteiger partial charge in [0.25, 0.3) is 0 Å². The summed E-state index contributed by atoms with van der Waals surface area (Å²) in [5.41, 5.74) is 6.97. The van der Waals surface area contributed by atoms with Crippen molar-refractivity contribution in [1.82, 2.24) is 15.1 Å². The molecule has 9 nitrogen and oxygen atoms in total. The second-order valence-corrected chi connectivity index (χ2v) is 7.10. The number of carbonyl (C=O) groups excluding carboxylic acids is 3. The molecule has 0 spiro atoms. The van der Waals surface area contributed by atoms with Crippen molar-refractivity contribution >= 4 is 18.1 Å². The first kappa shape index (κ1) is 23.5. The Kier molecular flexibility index (Phi) is 9.93. The van der Waals surface area contributed by atoms with Gasteiger partial charge in [-0.05, 0) is 31.7 Å². The predicted molar refractivity (Wildman–Crippen MR) is 112 cm³/mol. The molecular weight excluding hydrogens is 388 g/mol. The van der Waals surface area contributed by atoms with Crippen molar-refractivity contribution in [1.29, 1.82) is 0 Å². The molecule has 166 valence electrons. The molecule has 3 N–H and O–H groups in total. The van der Waals surface area contributed by atoms with Gasteiger partial charge in [-0.2, -0.15) is 0 Å². The van der Waals surface area contributed by atoms with Crippen molar-refractivity contribution in [2.45, 2.75) is 38.8 Å². The maximum absolute atomic E-state index is 12.5. The lowest BCUT2D eigenvalue weighted by molar-refractivity contribution is -0.134. The zero-order valence-electron chi connectivity index (χ0n) is 17.5. The van der Waals surface area contributed by atoms with Crippen LogP contribution in [0.3, 0.4) is 0 Å². The maximum Gasteiger partial charge on any atom is 0.409 e. The molecule has 1 aliphatic rings. The lowest BCUT2D eigenvalue weighted by Crippen LogP contribution is -2.54. The average Bonchev–Trinajstić information content (AvgIpc) is 2.77. The highest BCUT2D eigenvalue weighted by molar-refractivity contribution is 5.82. The first-order valence-electron chi connectivity index (χ1n) is 10.4. The number of hydrogen-bond donors (Lipinski definition) is 2. The summed E-state index contributed by atoms with van der Waals surface area (Å²) >= 11 is 0. The molecule has 2 rings (SSSR count). The zero-order valence-corrected chi connectivity index (χ0v) is 17.5. The van der Waals surface area contributed by atoms with Crippen molar-refractivity contribution in [3.8, 4) is 0 Å². The smallest absolute Gasteiger partial charge is 0.409 e. The van der Waals surface area contributed by atoms with Crippen LogP contribution < -0.4 is 11.1 Å². The Morgan fingerprint density at radius 3 is 2.37 bits per heavy atom. The monoisotopic (exact) mass is 420 g/mol. The Morgan fingerprint density at radius 2 is 1.70 bits per heavy atom. The van der Waals surface area contributed by atoms with Crippen LogP contribution in [0.2, 0.25) is 0 Å². The average molecular weight is 421 g/mol. The van der Waals surface area contributed by atoms with E-state index in [1.807, 2.05) is 30.3 Å². The highest BCUT2D eigenvalue weighted by Gasteiger charge is 2.27. The second-order valence-electron chi connectivity index (χ2n) is 7.10. The third-order valence-corrected chi connectivity index (χ3v) is 4.86. The highest BCUT2D eigenvalue weighted by Crippen LogP contribution is 2.08. The number of hydrogen-bond acceptors (Lipinski definition) is 6.